The zero-order valence-electron chi connectivity index (χ0n) is 13.4. The molecular formula is C17H23N5O. The molecule has 0 radical (unpaired) electrons. The van der Waals surface area contributed by atoms with Crippen molar-refractivity contribution in [1.82, 2.24) is 19.8 Å². The predicted octanol–water partition coefficient (Wildman–Crippen LogP) is 0.651. The number of hydrogen-bond donors (Lipinski definition) is 2. The Morgan fingerprint density at radius 2 is 1.91 bits per heavy atom. The molecule has 1 unspecified atom stereocenters. The molecule has 1 aliphatic rings. The number of piperazine rings is 1. The van der Waals surface area contributed by atoms with Gasteiger partial charge in [-0.05, 0) is 37.1 Å². The Balaban J connectivity index is 1.70. The summed E-state index contributed by atoms with van der Waals surface area (Å²) in [5.41, 5.74) is 7.25. The standard InChI is InChI=1S/C17H23N5O/c1-13(21-10-7-19-8-11-21)12-14-2-4-15(5-3-14)22-9-6-16(18)20-17(22)23/h2-6,9,13,19H,7-8,10-12H2,1H3,(H2,18,20,23). The minimum atomic E-state index is -0.355. The van der Waals surface area contributed by atoms with Gasteiger partial charge in [-0.3, -0.25) is 9.47 Å². The quantitative estimate of drug-likeness (QED) is 0.867. The van der Waals surface area contributed by atoms with Crippen LogP contribution in [0.3, 0.4) is 0 Å². The Kier molecular flexibility index (Phi) is 4.73. The zero-order chi connectivity index (χ0) is 16.2. The van der Waals surface area contributed by atoms with E-state index in [2.05, 4.69) is 34.3 Å². The van der Waals surface area contributed by atoms with Gasteiger partial charge >= 0.3 is 5.69 Å². The van der Waals surface area contributed by atoms with E-state index in [-0.39, 0.29) is 11.5 Å². The summed E-state index contributed by atoms with van der Waals surface area (Å²) in [4.78, 5) is 18.1. The second kappa shape index (κ2) is 6.93. The first-order valence-corrected chi connectivity index (χ1v) is 8.03. The molecule has 1 aromatic heterocycles. The molecule has 1 aromatic carbocycles. The molecule has 1 aliphatic heterocycles. The molecule has 0 amide bonds. The van der Waals surface area contributed by atoms with Gasteiger partial charge in [0.25, 0.3) is 0 Å². The zero-order valence-corrected chi connectivity index (χ0v) is 13.4. The molecule has 1 fully saturated rings. The third-order valence-electron chi connectivity index (χ3n) is 4.35. The summed E-state index contributed by atoms with van der Waals surface area (Å²) >= 11 is 0. The van der Waals surface area contributed by atoms with Gasteiger partial charge in [0.15, 0.2) is 0 Å². The highest BCUT2D eigenvalue weighted by Gasteiger charge is 2.16. The van der Waals surface area contributed by atoms with Gasteiger partial charge in [-0.15, -0.1) is 0 Å². The third kappa shape index (κ3) is 3.78. The topological polar surface area (TPSA) is 76.2 Å². The Labute approximate surface area is 135 Å². The number of rotatable bonds is 4. The number of hydrogen-bond acceptors (Lipinski definition) is 5. The number of benzene rings is 1. The van der Waals surface area contributed by atoms with Gasteiger partial charge in [0.05, 0.1) is 5.69 Å². The van der Waals surface area contributed by atoms with Crippen molar-refractivity contribution in [3.8, 4) is 5.69 Å². The van der Waals surface area contributed by atoms with Crippen LogP contribution in [-0.2, 0) is 6.42 Å². The van der Waals surface area contributed by atoms with E-state index >= 15 is 0 Å². The van der Waals surface area contributed by atoms with E-state index in [1.807, 2.05) is 12.1 Å². The second-order valence-electron chi connectivity index (χ2n) is 6.01. The fraction of sp³-hybridized carbons (Fsp3) is 0.412. The van der Waals surface area contributed by atoms with Crippen molar-refractivity contribution in [2.24, 2.45) is 0 Å². The lowest BCUT2D eigenvalue weighted by atomic mass is 10.0. The second-order valence-corrected chi connectivity index (χ2v) is 6.01. The van der Waals surface area contributed by atoms with E-state index in [1.165, 1.54) is 10.1 Å². The Hall–Kier alpha value is -2.18. The lowest BCUT2D eigenvalue weighted by Gasteiger charge is -2.32. The van der Waals surface area contributed by atoms with E-state index < -0.39 is 0 Å². The first-order chi connectivity index (χ1) is 11.1. The van der Waals surface area contributed by atoms with Crippen LogP contribution < -0.4 is 16.7 Å². The lowest BCUT2D eigenvalue weighted by Crippen LogP contribution is -2.48. The van der Waals surface area contributed by atoms with Gasteiger partial charge in [0.2, 0.25) is 0 Å². The molecule has 0 saturated carbocycles. The minimum Gasteiger partial charge on any atom is -0.383 e. The molecule has 2 heterocycles. The van der Waals surface area contributed by atoms with Crippen LogP contribution in [0.5, 0.6) is 0 Å². The van der Waals surface area contributed by atoms with Gasteiger partial charge in [0.1, 0.15) is 5.82 Å². The molecule has 1 saturated heterocycles. The van der Waals surface area contributed by atoms with Crippen molar-refractivity contribution in [3.05, 3.63) is 52.6 Å². The van der Waals surface area contributed by atoms with Gasteiger partial charge in [-0.1, -0.05) is 12.1 Å². The molecule has 6 heteroatoms. The molecule has 1 atom stereocenters. The smallest absolute Gasteiger partial charge is 0.354 e. The van der Waals surface area contributed by atoms with E-state index in [1.54, 1.807) is 12.3 Å². The molecule has 0 spiro atoms. The van der Waals surface area contributed by atoms with Crippen LogP contribution in [0.2, 0.25) is 0 Å². The Morgan fingerprint density at radius 1 is 1.22 bits per heavy atom. The van der Waals surface area contributed by atoms with Crippen molar-refractivity contribution < 1.29 is 0 Å². The fourth-order valence-electron chi connectivity index (χ4n) is 3.00. The molecule has 6 nitrogen and oxygen atoms in total. The van der Waals surface area contributed by atoms with E-state index in [9.17, 15) is 4.79 Å². The molecule has 2 aromatic rings. The van der Waals surface area contributed by atoms with Crippen LogP contribution >= 0.6 is 0 Å². The molecular weight excluding hydrogens is 290 g/mol. The van der Waals surface area contributed by atoms with Gasteiger partial charge in [-0.25, -0.2) is 4.79 Å². The average Bonchev–Trinajstić information content (AvgIpc) is 2.57. The number of anilines is 1. The molecule has 0 bridgehead atoms. The Bertz CT molecular complexity index is 704. The molecule has 23 heavy (non-hydrogen) atoms. The molecule has 3 rings (SSSR count). The van der Waals surface area contributed by atoms with Crippen LogP contribution in [0.4, 0.5) is 5.82 Å². The fourth-order valence-corrected chi connectivity index (χ4v) is 3.00. The minimum absolute atomic E-state index is 0.243. The van der Waals surface area contributed by atoms with Gasteiger partial charge in [0, 0.05) is 38.4 Å². The molecule has 122 valence electrons. The first-order valence-electron chi connectivity index (χ1n) is 8.03. The Morgan fingerprint density at radius 3 is 2.57 bits per heavy atom. The molecule has 3 N–H and O–H groups in total. The average molecular weight is 313 g/mol. The van der Waals surface area contributed by atoms with Crippen molar-refractivity contribution in [2.75, 3.05) is 31.9 Å². The summed E-state index contributed by atoms with van der Waals surface area (Å²) < 4.78 is 1.50. The number of aromatic nitrogens is 2. The van der Waals surface area contributed by atoms with Gasteiger partial charge < -0.3 is 11.1 Å². The summed E-state index contributed by atoms with van der Waals surface area (Å²) in [7, 11) is 0. The van der Waals surface area contributed by atoms with Crippen molar-refractivity contribution in [3.63, 3.8) is 0 Å². The summed E-state index contributed by atoms with van der Waals surface area (Å²) in [5, 5.41) is 3.38. The first kappa shape index (κ1) is 15.7. The van der Waals surface area contributed by atoms with Crippen LogP contribution in [0.15, 0.2) is 41.3 Å². The highest BCUT2D eigenvalue weighted by atomic mass is 16.1. The summed E-state index contributed by atoms with van der Waals surface area (Å²) in [6.07, 6.45) is 2.66. The SMILES string of the molecule is CC(Cc1ccc(-n2ccc(N)nc2=O)cc1)N1CCNCC1. The van der Waals surface area contributed by atoms with Crippen molar-refractivity contribution in [2.45, 2.75) is 19.4 Å². The molecule has 0 aliphatic carbocycles. The van der Waals surface area contributed by atoms with Crippen LogP contribution in [0.1, 0.15) is 12.5 Å². The summed E-state index contributed by atoms with van der Waals surface area (Å²) in [6, 6.07) is 10.2. The largest absolute Gasteiger partial charge is 0.383 e. The lowest BCUT2D eigenvalue weighted by molar-refractivity contribution is 0.183. The number of nitrogens with one attached hydrogen (secondary N) is 1. The number of nitrogens with two attached hydrogens (primary N) is 1. The maximum atomic E-state index is 11.9. The van der Waals surface area contributed by atoms with E-state index in [0.29, 0.717) is 6.04 Å². The maximum absolute atomic E-state index is 11.9. The highest BCUT2D eigenvalue weighted by Crippen LogP contribution is 2.13. The predicted molar refractivity (Wildman–Crippen MR) is 91.9 cm³/mol. The number of nitrogens with zero attached hydrogens (tertiary/aromatic N) is 3. The number of nitrogen functional groups attached to an aromatic ring is 1. The van der Waals surface area contributed by atoms with Crippen molar-refractivity contribution in [1.29, 1.82) is 0 Å². The normalized spacial score (nSPS) is 17.1. The summed E-state index contributed by atoms with van der Waals surface area (Å²) in [5.74, 6) is 0.243. The maximum Gasteiger partial charge on any atom is 0.354 e. The van der Waals surface area contributed by atoms with E-state index in [4.69, 9.17) is 5.73 Å². The summed E-state index contributed by atoms with van der Waals surface area (Å²) in [6.45, 7) is 6.61. The monoisotopic (exact) mass is 313 g/mol. The van der Waals surface area contributed by atoms with Crippen LogP contribution in [-0.4, -0.2) is 46.7 Å². The van der Waals surface area contributed by atoms with Gasteiger partial charge in [-0.2, -0.15) is 4.98 Å². The highest BCUT2D eigenvalue weighted by molar-refractivity contribution is 5.36. The van der Waals surface area contributed by atoms with Crippen LogP contribution in [0.25, 0.3) is 5.69 Å². The van der Waals surface area contributed by atoms with Crippen molar-refractivity contribution >= 4 is 5.82 Å². The van der Waals surface area contributed by atoms with Crippen LogP contribution in [0, 0.1) is 0 Å². The third-order valence-corrected chi connectivity index (χ3v) is 4.35. The van der Waals surface area contributed by atoms with E-state index in [0.717, 1.165) is 38.3 Å².